The number of para-hydroxylation sites is 2. The molecule has 0 fully saturated rings. The Kier molecular flexibility index (Phi) is 9.06. The minimum Gasteiger partial charge on any atom is -0.497 e. The highest BCUT2D eigenvalue weighted by atomic mass is 16.5. The molecule has 0 radical (unpaired) electrons. The highest BCUT2D eigenvalue weighted by Gasteiger charge is 2.14. The summed E-state index contributed by atoms with van der Waals surface area (Å²) >= 11 is 0. The summed E-state index contributed by atoms with van der Waals surface area (Å²) in [6.07, 6.45) is 3.84. The number of ether oxygens (including phenoxy) is 2. The van der Waals surface area contributed by atoms with Gasteiger partial charge in [0.2, 0.25) is 0 Å². The van der Waals surface area contributed by atoms with E-state index in [1.807, 2.05) is 6.07 Å². The fourth-order valence-electron chi connectivity index (χ4n) is 4.50. The molecule has 4 rings (SSSR count). The van der Waals surface area contributed by atoms with Crippen molar-refractivity contribution in [2.24, 2.45) is 0 Å². The zero-order chi connectivity index (χ0) is 27.0. The molecule has 1 N–H and O–H groups in total. The number of aromatic nitrogens is 2. The zero-order valence-corrected chi connectivity index (χ0v) is 23.0. The predicted molar refractivity (Wildman–Crippen MR) is 153 cm³/mol. The molecule has 6 heteroatoms. The quantitative estimate of drug-likeness (QED) is 0.218. The molecule has 0 bridgehead atoms. The number of benzene rings is 3. The van der Waals surface area contributed by atoms with Crippen LogP contribution in [0.4, 0.5) is 0 Å². The van der Waals surface area contributed by atoms with E-state index in [-0.39, 0.29) is 11.3 Å². The van der Waals surface area contributed by atoms with E-state index in [9.17, 15) is 4.79 Å². The molecule has 38 heavy (non-hydrogen) atoms. The SMILES string of the molecule is COc1ccc(C(=O)NCCCCCc2nc3ccccc3n2CCOc2ccc(C(C)(C)C)cc2)cc1. The summed E-state index contributed by atoms with van der Waals surface area (Å²) in [7, 11) is 1.62. The maximum atomic E-state index is 12.3. The van der Waals surface area contributed by atoms with Gasteiger partial charge >= 0.3 is 0 Å². The zero-order valence-electron chi connectivity index (χ0n) is 23.0. The van der Waals surface area contributed by atoms with Gasteiger partial charge in [-0.15, -0.1) is 0 Å². The molecular weight excluding hydrogens is 474 g/mol. The van der Waals surface area contributed by atoms with Crippen molar-refractivity contribution in [2.45, 2.75) is 58.4 Å². The lowest BCUT2D eigenvalue weighted by atomic mass is 9.87. The minimum atomic E-state index is -0.0532. The third-order valence-electron chi connectivity index (χ3n) is 6.75. The Labute approximate surface area is 226 Å². The lowest BCUT2D eigenvalue weighted by Gasteiger charge is -2.19. The molecule has 0 saturated heterocycles. The molecule has 1 heterocycles. The third kappa shape index (κ3) is 7.15. The number of amides is 1. The van der Waals surface area contributed by atoms with Gasteiger partial charge in [-0.05, 0) is 72.4 Å². The van der Waals surface area contributed by atoms with Crippen LogP contribution in [0.1, 0.15) is 61.8 Å². The van der Waals surface area contributed by atoms with Crippen molar-refractivity contribution in [3.05, 3.63) is 89.7 Å². The van der Waals surface area contributed by atoms with Gasteiger partial charge in [0, 0.05) is 18.5 Å². The largest absolute Gasteiger partial charge is 0.497 e. The molecule has 1 amide bonds. The predicted octanol–water partition coefficient (Wildman–Crippen LogP) is 6.56. The first-order valence-electron chi connectivity index (χ1n) is 13.4. The molecular formula is C32H39N3O3. The van der Waals surface area contributed by atoms with Crippen molar-refractivity contribution in [3.63, 3.8) is 0 Å². The van der Waals surface area contributed by atoms with Crippen LogP contribution in [0.25, 0.3) is 11.0 Å². The van der Waals surface area contributed by atoms with E-state index in [0.717, 1.165) is 60.6 Å². The van der Waals surface area contributed by atoms with Gasteiger partial charge in [-0.2, -0.15) is 0 Å². The molecule has 0 spiro atoms. The van der Waals surface area contributed by atoms with Crippen LogP contribution in [0.5, 0.6) is 11.5 Å². The fraction of sp³-hybridized carbons (Fsp3) is 0.375. The molecule has 6 nitrogen and oxygen atoms in total. The third-order valence-corrected chi connectivity index (χ3v) is 6.75. The Bertz CT molecular complexity index is 1320. The van der Waals surface area contributed by atoms with E-state index >= 15 is 0 Å². The van der Waals surface area contributed by atoms with Gasteiger partial charge in [-0.3, -0.25) is 4.79 Å². The van der Waals surface area contributed by atoms with Gasteiger partial charge in [-0.1, -0.05) is 51.5 Å². The lowest BCUT2D eigenvalue weighted by molar-refractivity contribution is 0.0953. The smallest absolute Gasteiger partial charge is 0.251 e. The second-order valence-electron chi connectivity index (χ2n) is 10.6. The summed E-state index contributed by atoms with van der Waals surface area (Å²) in [5.74, 6) is 2.66. The van der Waals surface area contributed by atoms with Gasteiger partial charge in [0.05, 0.1) is 24.7 Å². The van der Waals surface area contributed by atoms with Crippen LogP contribution in [0.15, 0.2) is 72.8 Å². The standard InChI is InChI=1S/C32H39N3O3/c1-32(2,3)25-15-19-27(20-16-25)38-23-22-35-29-11-8-7-10-28(29)34-30(35)12-6-5-9-21-33-31(36)24-13-17-26(37-4)18-14-24/h7-8,10-11,13-20H,5-6,9,12,21-23H2,1-4H3,(H,33,36). The van der Waals surface area contributed by atoms with Crippen molar-refractivity contribution < 1.29 is 14.3 Å². The molecule has 3 aromatic carbocycles. The Morgan fingerprint density at radius 3 is 2.32 bits per heavy atom. The van der Waals surface area contributed by atoms with Crippen molar-refractivity contribution >= 4 is 16.9 Å². The lowest BCUT2D eigenvalue weighted by Crippen LogP contribution is -2.24. The topological polar surface area (TPSA) is 65.4 Å². The first kappa shape index (κ1) is 27.2. The van der Waals surface area contributed by atoms with E-state index in [4.69, 9.17) is 14.5 Å². The average molecular weight is 514 g/mol. The number of imidazole rings is 1. The van der Waals surface area contributed by atoms with Gasteiger partial charge in [0.1, 0.15) is 23.9 Å². The van der Waals surface area contributed by atoms with Crippen molar-refractivity contribution in [1.82, 2.24) is 14.9 Å². The second kappa shape index (κ2) is 12.6. The summed E-state index contributed by atoms with van der Waals surface area (Å²) in [4.78, 5) is 17.2. The normalized spacial score (nSPS) is 11.5. The number of unbranched alkanes of at least 4 members (excludes halogenated alkanes) is 2. The maximum Gasteiger partial charge on any atom is 0.251 e. The Morgan fingerprint density at radius 2 is 1.61 bits per heavy atom. The minimum absolute atomic E-state index is 0.0532. The monoisotopic (exact) mass is 513 g/mol. The maximum absolute atomic E-state index is 12.3. The Morgan fingerprint density at radius 1 is 0.895 bits per heavy atom. The van der Waals surface area contributed by atoms with Crippen LogP contribution >= 0.6 is 0 Å². The van der Waals surface area contributed by atoms with Crippen LogP contribution in [-0.2, 0) is 18.4 Å². The molecule has 0 aliphatic heterocycles. The highest BCUT2D eigenvalue weighted by molar-refractivity contribution is 5.94. The van der Waals surface area contributed by atoms with Crippen molar-refractivity contribution in [1.29, 1.82) is 0 Å². The summed E-state index contributed by atoms with van der Waals surface area (Å²) in [6, 6.07) is 23.8. The van der Waals surface area contributed by atoms with Crippen LogP contribution in [-0.4, -0.2) is 35.7 Å². The number of rotatable bonds is 12. The van der Waals surface area contributed by atoms with Crippen LogP contribution in [0.2, 0.25) is 0 Å². The molecule has 0 unspecified atom stereocenters. The number of nitrogens with zero attached hydrogens (tertiary/aromatic N) is 2. The average Bonchev–Trinajstić information content (AvgIpc) is 3.27. The van der Waals surface area contributed by atoms with Crippen LogP contribution < -0.4 is 14.8 Å². The van der Waals surface area contributed by atoms with E-state index < -0.39 is 0 Å². The number of carbonyl (C=O) groups is 1. The second-order valence-corrected chi connectivity index (χ2v) is 10.6. The van der Waals surface area contributed by atoms with Gasteiger partial charge in [0.25, 0.3) is 5.91 Å². The number of nitrogens with one attached hydrogen (secondary N) is 1. The fourth-order valence-corrected chi connectivity index (χ4v) is 4.50. The van der Waals surface area contributed by atoms with Gasteiger partial charge in [-0.25, -0.2) is 4.98 Å². The van der Waals surface area contributed by atoms with E-state index in [1.54, 1.807) is 31.4 Å². The molecule has 0 saturated carbocycles. The summed E-state index contributed by atoms with van der Waals surface area (Å²) in [5.41, 5.74) is 4.23. The highest BCUT2D eigenvalue weighted by Crippen LogP contribution is 2.24. The van der Waals surface area contributed by atoms with E-state index in [0.29, 0.717) is 18.7 Å². The number of hydrogen-bond donors (Lipinski definition) is 1. The van der Waals surface area contributed by atoms with E-state index in [1.165, 1.54) is 5.56 Å². The summed E-state index contributed by atoms with van der Waals surface area (Å²) in [6.45, 7) is 8.63. The summed E-state index contributed by atoms with van der Waals surface area (Å²) < 4.78 is 13.5. The molecule has 0 atom stereocenters. The molecule has 1 aromatic heterocycles. The Hall–Kier alpha value is -3.80. The first-order chi connectivity index (χ1) is 18.3. The van der Waals surface area contributed by atoms with Crippen LogP contribution in [0.3, 0.4) is 0 Å². The Balaban J connectivity index is 1.26. The molecule has 4 aromatic rings. The first-order valence-corrected chi connectivity index (χ1v) is 13.4. The van der Waals surface area contributed by atoms with Crippen molar-refractivity contribution in [3.8, 4) is 11.5 Å². The van der Waals surface area contributed by atoms with Gasteiger partial charge in [0.15, 0.2) is 0 Å². The number of hydrogen-bond acceptors (Lipinski definition) is 4. The number of fused-ring (bicyclic) bond motifs is 1. The summed E-state index contributed by atoms with van der Waals surface area (Å²) in [5, 5.41) is 3.01. The van der Waals surface area contributed by atoms with Gasteiger partial charge < -0.3 is 19.4 Å². The van der Waals surface area contributed by atoms with E-state index in [2.05, 4.69) is 73.1 Å². The molecule has 200 valence electrons. The number of methoxy groups -OCH3 is 1. The number of carbonyl (C=O) groups excluding carboxylic acids is 1. The van der Waals surface area contributed by atoms with Crippen molar-refractivity contribution in [2.75, 3.05) is 20.3 Å². The molecule has 0 aliphatic carbocycles. The van der Waals surface area contributed by atoms with Crippen LogP contribution in [0, 0.1) is 0 Å². The molecule has 0 aliphatic rings. The number of aryl methyl sites for hydroxylation is 1.